The number of allylic oxidation sites excluding steroid dienone is 1. The average Bonchev–Trinajstić information content (AvgIpc) is 2.28. The number of ether oxygens (including phenoxy) is 2. The third-order valence-electron chi connectivity index (χ3n) is 2.64. The topological polar surface area (TPSA) is 79.2 Å². The summed E-state index contributed by atoms with van der Waals surface area (Å²) in [4.78, 5) is 0. The Morgan fingerprint density at radius 3 is 2.56 bits per heavy atom. The summed E-state index contributed by atoms with van der Waals surface area (Å²) >= 11 is 0. The Balaban J connectivity index is 2.38. The summed E-state index contributed by atoms with van der Waals surface area (Å²) in [6.45, 7) is 5.63. The maximum Gasteiger partial charge on any atom is 0.186 e. The van der Waals surface area contributed by atoms with Crippen LogP contribution in [-0.4, -0.2) is 52.6 Å². The summed E-state index contributed by atoms with van der Waals surface area (Å²) in [6.07, 6.45) is -1.57. The first-order chi connectivity index (χ1) is 7.57. The molecule has 0 aliphatic carbocycles. The molecule has 3 N–H and O–H groups in total. The van der Waals surface area contributed by atoms with Crippen LogP contribution in [-0.2, 0) is 9.47 Å². The van der Waals surface area contributed by atoms with Crippen LogP contribution in [0.5, 0.6) is 0 Å². The van der Waals surface area contributed by atoms with Crippen LogP contribution < -0.4 is 0 Å². The monoisotopic (exact) mass is 232 g/mol. The molecule has 1 aliphatic rings. The van der Waals surface area contributed by atoms with Crippen LogP contribution in [0.25, 0.3) is 0 Å². The fourth-order valence-corrected chi connectivity index (χ4v) is 1.58. The standard InChI is InChI=1S/C11H20O5/c1-3-4-5-6-15-11-10(14)9(13)8(12)7(2)16-11/h3,7-14H,1,4-6H2,2H3/t7?,8-,9?,10-,11+/m0/s1. The van der Waals surface area contributed by atoms with Gasteiger partial charge in [0.05, 0.1) is 12.7 Å². The molecular formula is C11H20O5. The SMILES string of the molecule is C=CCCCO[C@@H]1OC(C)[C@H](O)C(O)[C@@H]1O. The molecule has 1 rings (SSSR count). The Bertz CT molecular complexity index is 220. The van der Waals surface area contributed by atoms with Crippen molar-refractivity contribution in [1.82, 2.24) is 0 Å². The van der Waals surface area contributed by atoms with Gasteiger partial charge >= 0.3 is 0 Å². The van der Waals surface area contributed by atoms with Gasteiger partial charge in [-0.1, -0.05) is 6.08 Å². The van der Waals surface area contributed by atoms with Gasteiger partial charge in [-0.25, -0.2) is 0 Å². The van der Waals surface area contributed by atoms with E-state index in [1.165, 1.54) is 0 Å². The first kappa shape index (κ1) is 13.6. The van der Waals surface area contributed by atoms with E-state index in [2.05, 4.69) is 6.58 Å². The molecule has 16 heavy (non-hydrogen) atoms. The molecule has 1 aliphatic heterocycles. The van der Waals surface area contributed by atoms with Gasteiger partial charge in [0.2, 0.25) is 0 Å². The molecule has 94 valence electrons. The molecule has 1 saturated heterocycles. The zero-order valence-corrected chi connectivity index (χ0v) is 9.45. The van der Waals surface area contributed by atoms with E-state index in [9.17, 15) is 15.3 Å². The van der Waals surface area contributed by atoms with Gasteiger partial charge in [-0.15, -0.1) is 6.58 Å². The second kappa shape index (κ2) is 6.32. The predicted octanol–water partition coefficient (Wildman–Crippen LogP) is -0.203. The molecule has 0 aromatic rings. The lowest BCUT2D eigenvalue weighted by atomic mass is 10.0. The van der Waals surface area contributed by atoms with E-state index >= 15 is 0 Å². The highest BCUT2D eigenvalue weighted by atomic mass is 16.7. The zero-order chi connectivity index (χ0) is 12.1. The van der Waals surface area contributed by atoms with Gasteiger partial charge in [-0.05, 0) is 19.8 Å². The Morgan fingerprint density at radius 1 is 1.25 bits per heavy atom. The number of aliphatic hydroxyl groups is 3. The van der Waals surface area contributed by atoms with Crippen LogP contribution in [0.1, 0.15) is 19.8 Å². The largest absolute Gasteiger partial charge is 0.388 e. The summed E-state index contributed by atoms with van der Waals surface area (Å²) in [5.41, 5.74) is 0. The Morgan fingerprint density at radius 2 is 1.94 bits per heavy atom. The summed E-state index contributed by atoms with van der Waals surface area (Å²) in [5.74, 6) is 0. The van der Waals surface area contributed by atoms with Crippen molar-refractivity contribution in [3.63, 3.8) is 0 Å². The van der Waals surface area contributed by atoms with Crippen molar-refractivity contribution in [3.05, 3.63) is 12.7 Å². The van der Waals surface area contributed by atoms with Gasteiger partial charge in [0.25, 0.3) is 0 Å². The van der Waals surface area contributed by atoms with Gasteiger partial charge in [0.15, 0.2) is 6.29 Å². The van der Waals surface area contributed by atoms with Crippen LogP contribution >= 0.6 is 0 Å². The van der Waals surface area contributed by atoms with E-state index in [-0.39, 0.29) is 0 Å². The van der Waals surface area contributed by atoms with Crippen molar-refractivity contribution in [1.29, 1.82) is 0 Å². The van der Waals surface area contributed by atoms with E-state index in [4.69, 9.17) is 9.47 Å². The lowest BCUT2D eigenvalue weighted by molar-refractivity contribution is -0.293. The Hall–Kier alpha value is -0.460. The van der Waals surface area contributed by atoms with Gasteiger partial charge in [0.1, 0.15) is 18.3 Å². The normalized spacial score (nSPS) is 39.6. The van der Waals surface area contributed by atoms with Crippen molar-refractivity contribution < 1.29 is 24.8 Å². The summed E-state index contributed by atoms with van der Waals surface area (Å²) < 4.78 is 10.5. The third-order valence-corrected chi connectivity index (χ3v) is 2.64. The highest BCUT2D eigenvalue weighted by Crippen LogP contribution is 2.21. The summed E-state index contributed by atoms with van der Waals surface area (Å²) in [7, 11) is 0. The number of rotatable bonds is 5. The van der Waals surface area contributed by atoms with E-state index in [1.54, 1.807) is 13.0 Å². The molecule has 0 saturated carbocycles. The molecule has 0 spiro atoms. The minimum absolute atomic E-state index is 0.420. The first-order valence-corrected chi connectivity index (χ1v) is 5.50. The van der Waals surface area contributed by atoms with Crippen molar-refractivity contribution in [2.45, 2.75) is 50.5 Å². The molecule has 5 atom stereocenters. The number of unbranched alkanes of at least 4 members (excludes halogenated alkanes) is 1. The van der Waals surface area contributed by atoms with Crippen molar-refractivity contribution in [2.24, 2.45) is 0 Å². The van der Waals surface area contributed by atoms with Gasteiger partial charge in [-0.3, -0.25) is 0 Å². The van der Waals surface area contributed by atoms with Gasteiger partial charge in [-0.2, -0.15) is 0 Å². The van der Waals surface area contributed by atoms with E-state index in [0.717, 1.165) is 12.8 Å². The molecule has 5 nitrogen and oxygen atoms in total. The quantitative estimate of drug-likeness (QED) is 0.452. The minimum atomic E-state index is -1.23. The average molecular weight is 232 g/mol. The maximum atomic E-state index is 9.60. The van der Waals surface area contributed by atoms with Crippen molar-refractivity contribution in [2.75, 3.05) is 6.61 Å². The lowest BCUT2D eigenvalue weighted by Crippen LogP contribution is -2.57. The van der Waals surface area contributed by atoms with Crippen LogP contribution in [0, 0.1) is 0 Å². The van der Waals surface area contributed by atoms with E-state index in [1.807, 2.05) is 0 Å². The molecule has 2 unspecified atom stereocenters. The highest BCUT2D eigenvalue weighted by molar-refractivity contribution is 4.87. The van der Waals surface area contributed by atoms with Crippen LogP contribution in [0.15, 0.2) is 12.7 Å². The maximum absolute atomic E-state index is 9.60. The number of aliphatic hydroxyl groups excluding tert-OH is 3. The first-order valence-electron chi connectivity index (χ1n) is 5.50. The third kappa shape index (κ3) is 3.26. The second-order valence-corrected chi connectivity index (χ2v) is 3.98. The molecule has 0 bridgehead atoms. The van der Waals surface area contributed by atoms with Gasteiger partial charge in [0, 0.05) is 0 Å². The number of hydrogen-bond acceptors (Lipinski definition) is 5. The fourth-order valence-electron chi connectivity index (χ4n) is 1.58. The van der Waals surface area contributed by atoms with E-state index in [0.29, 0.717) is 6.61 Å². The summed E-state index contributed by atoms with van der Waals surface area (Å²) in [6, 6.07) is 0. The Labute approximate surface area is 95.3 Å². The molecule has 0 aromatic heterocycles. The predicted molar refractivity (Wildman–Crippen MR) is 57.7 cm³/mol. The van der Waals surface area contributed by atoms with Crippen molar-refractivity contribution in [3.8, 4) is 0 Å². The molecule has 0 aromatic carbocycles. The molecule has 0 amide bonds. The highest BCUT2D eigenvalue weighted by Gasteiger charge is 2.42. The van der Waals surface area contributed by atoms with Crippen molar-refractivity contribution >= 4 is 0 Å². The van der Waals surface area contributed by atoms with Crippen LogP contribution in [0.2, 0.25) is 0 Å². The summed E-state index contributed by atoms with van der Waals surface area (Å²) in [5, 5.41) is 28.6. The molecule has 1 heterocycles. The van der Waals surface area contributed by atoms with E-state index < -0.39 is 30.7 Å². The van der Waals surface area contributed by atoms with Gasteiger partial charge < -0.3 is 24.8 Å². The Kier molecular flexibility index (Phi) is 5.37. The fraction of sp³-hybridized carbons (Fsp3) is 0.818. The molecule has 5 heteroatoms. The minimum Gasteiger partial charge on any atom is -0.388 e. The molecule has 1 fully saturated rings. The van der Waals surface area contributed by atoms with Crippen LogP contribution in [0.3, 0.4) is 0 Å². The number of hydrogen-bond donors (Lipinski definition) is 3. The van der Waals surface area contributed by atoms with Crippen LogP contribution in [0.4, 0.5) is 0 Å². The zero-order valence-electron chi connectivity index (χ0n) is 9.45. The molecule has 0 radical (unpaired) electrons. The smallest absolute Gasteiger partial charge is 0.186 e. The second-order valence-electron chi connectivity index (χ2n) is 3.98. The molecular weight excluding hydrogens is 212 g/mol. The lowest BCUT2D eigenvalue weighted by Gasteiger charge is -2.38.